The largest absolute Gasteiger partial charge is 0.369 e. The third-order valence-corrected chi connectivity index (χ3v) is 4.02. The van der Waals surface area contributed by atoms with E-state index in [1.54, 1.807) is 11.3 Å². The Morgan fingerprint density at radius 3 is 2.84 bits per heavy atom. The van der Waals surface area contributed by atoms with Crippen molar-refractivity contribution in [2.75, 3.05) is 5.73 Å². The fourth-order valence-corrected chi connectivity index (χ4v) is 3.04. The van der Waals surface area contributed by atoms with Gasteiger partial charge in [-0.2, -0.15) is 5.10 Å². The highest BCUT2D eigenvalue weighted by atomic mass is 32.1. The van der Waals surface area contributed by atoms with Crippen LogP contribution in [0.2, 0.25) is 0 Å². The minimum Gasteiger partial charge on any atom is -0.369 e. The lowest BCUT2D eigenvalue weighted by molar-refractivity contribution is 0.718. The summed E-state index contributed by atoms with van der Waals surface area (Å²) in [6.07, 6.45) is 2.73. The molecule has 2 N–H and O–H groups in total. The molecule has 0 unspecified atom stereocenters. The van der Waals surface area contributed by atoms with E-state index in [4.69, 9.17) is 5.73 Å². The van der Waals surface area contributed by atoms with E-state index in [0.29, 0.717) is 12.5 Å². The number of anilines is 1. The molecule has 3 aromatic heterocycles. The van der Waals surface area contributed by atoms with Crippen molar-refractivity contribution in [1.82, 2.24) is 24.3 Å². The molecule has 0 bridgehead atoms. The average molecular weight is 276 g/mol. The van der Waals surface area contributed by atoms with Crippen molar-refractivity contribution >= 4 is 28.4 Å². The first kappa shape index (κ1) is 12.2. The van der Waals surface area contributed by atoms with E-state index in [1.165, 1.54) is 4.88 Å². The topological polar surface area (TPSA) is 74.6 Å². The van der Waals surface area contributed by atoms with Crippen molar-refractivity contribution in [2.45, 2.75) is 26.8 Å². The quantitative estimate of drug-likeness (QED) is 0.790. The molecule has 0 aliphatic heterocycles. The predicted octanol–water partition coefficient (Wildman–Crippen LogP) is 1.73. The van der Waals surface area contributed by atoms with Gasteiger partial charge in [0.25, 0.3) is 0 Å². The summed E-state index contributed by atoms with van der Waals surface area (Å²) in [5.41, 5.74) is 8.88. The molecule has 0 amide bonds. The maximum absolute atomic E-state index is 6.03. The van der Waals surface area contributed by atoms with Crippen LogP contribution in [0.3, 0.4) is 0 Å². The number of fused-ring (bicyclic) bond motifs is 1. The molecule has 0 aliphatic rings. The molecule has 0 saturated carbocycles. The van der Waals surface area contributed by atoms with Gasteiger partial charge in [0.1, 0.15) is 10.5 Å². The van der Waals surface area contributed by atoms with Crippen molar-refractivity contribution in [1.29, 1.82) is 0 Å². The number of nitrogen functional groups attached to an aromatic ring is 1. The third kappa shape index (κ3) is 1.90. The van der Waals surface area contributed by atoms with E-state index >= 15 is 0 Å². The smallest absolute Gasteiger partial charge is 0.202 e. The molecule has 3 heterocycles. The summed E-state index contributed by atoms with van der Waals surface area (Å²) in [6, 6.07) is 0. The van der Waals surface area contributed by atoms with E-state index in [0.717, 1.165) is 28.3 Å². The summed E-state index contributed by atoms with van der Waals surface area (Å²) in [4.78, 5) is 10.0. The summed E-state index contributed by atoms with van der Waals surface area (Å²) >= 11 is 1.68. The first-order valence-corrected chi connectivity index (χ1v) is 7.00. The van der Waals surface area contributed by atoms with Crippen LogP contribution in [-0.2, 0) is 20.0 Å². The van der Waals surface area contributed by atoms with Gasteiger partial charge >= 0.3 is 0 Å². The van der Waals surface area contributed by atoms with Crippen LogP contribution in [0.15, 0.2) is 6.20 Å². The van der Waals surface area contributed by atoms with Crippen molar-refractivity contribution in [3.8, 4) is 0 Å². The molecule has 0 saturated heterocycles. The number of nitrogens with two attached hydrogens (primary N) is 1. The summed E-state index contributed by atoms with van der Waals surface area (Å²) in [5, 5.41) is 5.51. The number of hydrogen-bond donors (Lipinski definition) is 1. The van der Waals surface area contributed by atoms with Crippen LogP contribution >= 0.6 is 11.3 Å². The van der Waals surface area contributed by atoms with Gasteiger partial charge < -0.3 is 5.73 Å². The number of rotatable bonds is 3. The molecular weight excluding hydrogens is 260 g/mol. The normalized spacial score (nSPS) is 11.5. The van der Waals surface area contributed by atoms with Gasteiger partial charge in [-0.3, -0.25) is 9.25 Å². The first-order valence-electron chi connectivity index (χ1n) is 6.19. The maximum Gasteiger partial charge on any atom is 0.202 e. The summed E-state index contributed by atoms with van der Waals surface area (Å²) in [6.45, 7) is 4.76. The molecule has 6 nitrogen and oxygen atoms in total. The van der Waals surface area contributed by atoms with Crippen molar-refractivity contribution in [2.24, 2.45) is 7.05 Å². The molecule has 0 aromatic carbocycles. The van der Waals surface area contributed by atoms with Gasteiger partial charge in [-0.05, 0) is 13.3 Å². The van der Waals surface area contributed by atoms with Crippen molar-refractivity contribution < 1.29 is 0 Å². The second kappa shape index (κ2) is 4.34. The SMILES string of the molecule is CCc1nn(C)c2c1nc(N)n2Cc1ncc(C)s1. The lowest BCUT2D eigenvalue weighted by Gasteiger charge is -2.04. The van der Waals surface area contributed by atoms with Gasteiger partial charge in [-0.1, -0.05) is 6.92 Å². The van der Waals surface area contributed by atoms with Crippen LogP contribution in [0.4, 0.5) is 5.95 Å². The Bertz CT molecular complexity index is 735. The minimum atomic E-state index is 0.519. The summed E-state index contributed by atoms with van der Waals surface area (Å²) in [5.74, 6) is 0.519. The van der Waals surface area contributed by atoms with Crippen LogP contribution in [0.25, 0.3) is 11.2 Å². The number of imidazole rings is 1. The van der Waals surface area contributed by atoms with E-state index in [2.05, 4.69) is 22.0 Å². The van der Waals surface area contributed by atoms with Crippen LogP contribution in [0.1, 0.15) is 22.5 Å². The molecule has 3 aromatic rings. The van der Waals surface area contributed by atoms with E-state index in [1.807, 2.05) is 29.4 Å². The lowest BCUT2D eigenvalue weighted by Crippen LogP contribution is -2.07. The zero-order valence-corrected chi connectivity index (χ0v) is 12.0. The van der Waals surface area contributed by atoms with Gasteiger partial charge in [-0.25, -0.2) is 9.97 Å². The Hall–Kier alpha value is -1.89. The highest BCUT2D eigenvalue weighted by Crippen LogP contribution is 2.23. The fourth-order valence-electron chi connectivity index (χ4n) is 2.26. The molecule has 0 spiro atoms. The Labute approximate surface area is 114 Å². The van der Waals surface area contributed by atoms with E-state index in [9.17, 15) is 0 Å². The zero-order valence-electron chi connectivity index (χ0n) is 11.2. The van der Waals surface area contributed by atoms with Crippen molar-refractivity contribution in [3.63, 3.8) is 0 Å². The second-order valence-corrected chi connectivity index (χ2v) is 5.84. The van der Waals surface area contributed by atoms with Crippen molar-refractivity contribution in [3.05, 3.63) is 21.8 Å². The zero-order chi connectivity index (χ0) is 13.6. The van der Waals surface area contributed by atoms with Crippen LogP contribution in [0, 0.1) is 6.92 Å². The first-order chi connectivity index (χ1) is 9.10. The Morgan fingerprint density at radius 2 is 2.21 bits per heavy atom. The summed E-state index contributed by atoms with van der Waals surface area (Å²) in [7, 11) is 1.92. The molecule has 0 aliphatic carbocycles. The monoisotopic (exact) mass is 276 g/mol. The van der Waals surface area contributed by atoms with Gasteiger partial charge in [0.2, 0.25) is 5.95 Å². The number of nitrogens with zero attached hydrogens (tertiary/aromatic N) is 5. The Morgan fingerprint density at radius 1 is 1.42 bits per heavy atom. The van der Waals surface area contributed by atoms with Gasteiger partial charge in [0, 0.05) is 18.1 Å². The Balaban J connectivity index is 2.12. The highest BCUT2D eigenvalue weighted by Gasteiger charge is 2.17. The van der Waals surface area contributed by atoms with Gasteiger partial charge in [0.05, 0.1) is 12.2 Å². The van der Waals surface area contributed by atoms with Gasteiger partial charge in [0.15, 0.2) is 5.65 Å². The molecular formula is C12H16N6S. The molecule has 3 rings (SSSR count). The number of hydrogen-bond acceptors (Lipinski definition) is 5. The molecule has 0 atom stereocenters. The fraction of sp³-hybridized carbons (Fsp3) is 0.417. The number of aromatic nitrogens is 5. The third-order valence-electron chi connectivity index (χ3n) is 3.12. The molecule has 7 heteroatoms. The molecule has 0 radical (unpaired) electrons. The summed E-state index contributed by atoms with van der Waals surface area (Å²) < 4.78 is 3.82. The Kier molecular flexibility index (Phi) is 2.78. The van der Waals surface area contributed by atoms with E-state index < -0.39 is 0 Å². The molecule has 100 valence electrons. The average Bonchev–Trinajstić information content (AvgIpc) is 3.00. The number of thiazole rings is 1. The van der Waals surface area contributed by atoms with Crippen LogP contribution < -0.4 is 5.73 Å². The minimum absolute atomic E-state index is 0.519. The lowest BCUT2D eigenvalue weighted by atomic mass is 10.3. The van der Waals surface area contributed by atoms with E-state index in [-0.39, 0.29) is 0 Å². The number of aryl methyl sites for hydroxylation is 3. The highest BCUT2D eigenvalue weighted by molar-refractivity contribution is 7.11. The van der Waals surface area contributed by atoms with Crippen LogP contribution in [-0.4, -0.2) is 24.3 Å². The predicted molar refractivity (Wildman–Crippen MR) is 76.2 cm³/mol. The standard InChI is InChI=1S/C12H16N6S/c1-4-8-10-11(17(3)16-8)18(12(13)15-10)6-9-14-5-7(2)19-9/h5H,4,6H2,1-3H3,(H2,13,15). The molecule has 0 fully saturated rings. The maximum atomic E-state index is 6.03. The van der Waals surface area contributed by atoms with Crippen LogP contribution in [0.5, 0.6) is 0 Å². The molecule has 19 heavy (non-hydrogen) atoms. The second-order valence-electron chi connectivity index (χ2n) is 4.52. The van der Waals surface area contributed by atoms with Gasteiger partial charge in [-0.15, -0.1) is 11.3 Å².